The first-order chi connectivity index (χ1) is 19.3. The highest BCUT2D eigenvalue weighted by molar-refractivity contribution is 6.04. The third-order valence-corrected chi connectivity index (χ3v) is 6.71. The normalized spacial score (nSPS) is 16.0. The summed E-state index contributed by atoms with van der Waals surface area (Å²) in [5.74, 6) is 0.126. The molecule has 2 saturated heterocycles. The molecule has 0 spiro atoms. The molecular formula is C29H35N7O4. The Hall–Kier alpha value is -4.25. The highest BCUT2D eigenvalue weighted by Crippen LogP contribution is 2.27. The number of amides is 2. The summed E-state index contributed by atoms with van der Waals surface area (Å²) in [4.78, 5) is 44.9. The van der Waals surface area contributed by atoms with E-state index in [0.29, 0.717) is 37.7 Å². The minimum Gasteiger partial charge on any atom is -0.444 e. The summed E-state index contributed by atoms with van der Waals surface area (Å²) in [6.07, 6.45) is 4.59. The second kappa shape index (κ2) is 11.9. The number of hydrogen-bond acceptors (Lipinski definition) is 9. The maximum atomic E-state index is 13.2. The van der Waals surface area contributed by atoms with Gasteiger partial charge in [-0.1, -0.05) is 0 Å². The van der Waals surface area contributed by atoms with Crippen molar-refractivity contribution in [3.8, 4) is 11.4 Å². The Balaban J connectivity index is 1.24. The number of carbonyl (C=O) groups excluding carboxylic acids is 2. The smallest absolute Gasteiger partial charge is 0.410 e. The van der Waals surface area contributed by atoms with Crippen LogP contribution in [0.25, 0.3) is 11.4 Å². The molecule has 11 nitrogen and oxygen atoms in total. The largest absolute Gasteiger partial charge is 0.444 e. The van der Waals surface area contributed by atoms with Gasteiger partial charge in [0.05, 0.1) is 30.8 Å². The van der Waals surface area contributed by atoms with E-state index in [1.807, 2.05) is 51.1 Å². The average Bonchev–Trinajstić information content (AvgIpc) is 2.97. The van der Waals surface area contributed by atoms with Gasteiger partial charge in [0.15, 0.2) is 5.82 Å². The van der Waals surface area contributed by atoms with Gasteiger partial charge in [0.1, 0.15) is 11.3 Å². The van der Waals surface area contributed by atoms with Crippen LogP contribution in [0.2, 0.25) is 0 Å². The first kappa shape index (κ1) is 27.3. The predicted octanol–water partition coefficient (Wildman–Crippen LogP) is 3.68. The zero-order chi connectivity index (χ0) is 28.1. The summed E-state index contributed by atoms with van der Waals surface area (Å²) in [6, 6.07) is 11.5. The summed E-state index contributed by atoms with van der Waals surface area (Å²) in [7, 11) is 0. The Morgan fingerprint density at radius 2 is 1.62 bits per heavy atom. The van der Waals surface area contributed by atoms with Crippen LogP contribution in [0, 0.1) is 0 Å². The number of ether oxygens (including phenoxy) is 2. The number of carbonyl (C=O) groups is 2. The Labute approximate surface area is 234 Å². The molecule has 0 unspecified atom stereocenters. The van der Waals surface area contributed by atoms with Crippen LogP contribution in [0.4, 0.5) is 21.9 Å². The molecule has 2 aliphatic rings. The number of anilines is 3. The van der Waals surface area contributed by atoms with E-state index in [2.05, 4.69) is 30.1 Å². The van der Waals surface area contributed by atoms with Crippen LogP contribution in [0.1, 0.15) is 31.3 Å². The SMILES string of the molecule is CC(C)(C)OC(=O)N1CCN(c2ccncc2NC(=O)c2ccnc(-c3ccc(N4CCOCC4)cc3)n2)CC1. The molecule has 1 aromatic carbocycles. The quantitative estimate of drug-likeness (QED) is 0.513. The van der Waals surface area contributed by atoms with Crippen molar-refractivity contribution in [1.82, 2.24) is 19.9 Å². The van der Waals surface area contributed by atoms with E-state index in [9.17, 15) is 9.59 Å². The van der Waals surface area contributed by atoms with Crippen molar-refractivity contribution in [2.24, 2.45) is 0 Å². The Morgan fingerprint density at radius 1 is 0.900 bits per heavy atom. The van der Waals surface area contributed by atoms with Crippen LogP contribution in [0.15, 0.2) is 55.0 Å². The lowest BCUT2D eigenvalue weighted by atomic mass is 10.1. The topological polar surface area (TPSA) is 113 Å². The van der Waals surface area contributed by atoms with E-state index in [4.69, 9.17) is 9.47 Å². The number of morpholine rings is 1. The van der Waals surface area contributed by atoms with Crippen molar-refractivity contribution in [1.29, 1.82) is 0 Å². The van der Waals surface area contributed by atoms with Crippen molar-refractivity contribution in [2.75, 3.05) is 67.6 Å². The molecule has 0 radical (unpaired) electrons. The summed E-state index contributed by atoms with van der Waals surface area (Å²) in [5.41, 5.74) is 3.08. The minimum atomic E-state index is -0.538. The van der Waals surface area contributed by atoms with Crippen molar-refractivity contribution in [3.05, 3.63) is 60.7 Å². The zero-order valence-corrected chi connectivity index (χ0v) is 23.2. The van der Waals surface area contributed by atoms with E-state index in [0.717, 1.165) is 43.2 Å². The van der Waals surface area contributed by atoms with Gasteiger partial charge in [0.25, 0.3) is 5.91 Å². The van der Waals surface area contributed by atoms with E-state index in [1.54, 1.807) is 29.6 Å². The van der Waals surface area contributed by atoms with Gasteiger partial charge < -0.3 is 29.5 Å². The lowest BCUT2D eigenvalue weighted by molar-refractivity contribution is 0.0240. The highest BCUT2D eigenvalue weighted by Gasteiger charge is 2.27. The molecular weight excluding hydrogens is 510 g/mol. The maximum Gasteiger partial charge on any atom is 0.410 e. The average molecular weight is 546 g/mol. The fourth-order valence-electron chi connectivity index (χ4n) is 4.67. The fourth-order valence-corrected chi connectivity index (χ4v) is 4.67. The van der Waals surface area contributed by atoms with Gasteiger partial charge in [-0.15, -0.1) is 0 Å². The summed E-state index contributed by atoms with van der Waals surface area (Å²) < 4.78 is 10.9. The molecule has 0 atom stereocenters. The minimum absolute atomic E-state index is 0.256. The molecule has 11 heteroatoms. The molecule has 4 heterocycles. The van der Waals surface area contributed by atoms with Crippen molar-refractivity contribution >= 4 is 29.1 Å². The fraction of sp³-hybridized carbons (Fsp3) is 0.414. The molecule has 2 fully saturated rings. The first-order valence-corrected chi connectivity index (χ1v) is 13.5. The predicted molar refractivity (Wildman–Crippen MR) is 153 cm³/mol. The Kier molecular flexibility index (Phi) is 8.11. The summed E-state index contributed by atoms with van der Waals surface area (Å²) in [5, 5.41) is 2.96. The number of piperazine rings is 1. The maximum absolute atomic E-state index is 13.2. The monoisotopic (exact) mass is 545 g/mol. The summed E-state index contributed by atoms with van der Waals surface area (Å²) >= 11 is 0. The molecule has 2 aliphatic heterocycles. The van der Waals surface area contributed by atoms with E-state index in [-0.39, 0.29) is 17.7 Å². The van der Waals surface area contributed by atoms with Crippen molar-refractivity contribution < 1.29 is 19.1 Å². The summed E-state index contributed by atoms with van der Waals surface area (Å²) in [6.45, 7) is 11.0. The molecule has 0 aliphatic carbocycles. The number of rotatable bonds is 5. The lowest BCUT2D eigenvalue weighted by Gasteiger charge is -2.37. The third-order valence-electron chi connectivity index (χ3n) is 6.71. The van der Waals surface area contributed by atoms with Crippen LogP contribution >= 0.6 is 0 Å². The molecule has 210 valence electrons. The first-order valence-electron chi connectivity index (χ1n) is 13.5. The van der Waals surface area contributed by atoms with Gasteiger partial charge in [0, 0.05) is 62.9 Å². The van der Waals surface area contributed by atoms with Gasteiger partial charge in [-0.3, -0.25) is 9.78 Å². The van der Waals surface area contributed by atoms with Gasteiger partial charge in [-0.25, -0.2) is 14.8 Å². The molecule has 0 bridgehead atoms. The standard InChI is InChI=1S/C29H35N7O4/c1-29(2,3)40-28(38)36-14-12-35(13-15-36)25-9-10-30-20-24(25)33-27(37)23-8-11-31-26(32-23)21-4-6-22(7-5-21)34-16-18-39-19-17-34/h4-11,20H,12-19H2,1-3H3,(H,33,37). The Bertz CT molecular complexity index is 1330. The van der Waals surface area contributed by atoms with E-state index < -0.39 is 5.60 Å². The second-order valence-corrected chi connectivity index (χ2v) is 10.7. The number of pyridine rings is 1. The number of nitrogens with one attached hydrogen (secondary N) is 1. The molecule has 3 aromatic rings. The van der Waals surface area contributed by atoms with Crippen molar-refractivity contribution in [3.63, 3.8) is 0 Å². The number of aromatic nitrogens is 3. The van der Waals surface area contributed by atoms with Gasteiger partial charge in [0.2, 0.25) is 0 Å². The molecule has 40 heavy (non-hydrogen) atoms. The van der Waals surface area contributed by atoms with Gasteiger partial charge in [-0.05, 0) is 57.2 Å². The van der Waals surface area contributed by atoms with Gasteiger partial charge >= 0.3 is 6.09 Å². The molecule has 1 N–H and O–H groups in total. The Morgan fingerprint density at radius 3 is 2.33 bits per heavy atom. The van der Waals surface area contributed by atoms with Crippen molar-refractivity contribution in [2.45, 2.75) is 26.4 Å². The highest BCUT2D eigenvalue weighted by atomic mass is 16.6. The van der Waals surface area contributed by atoms with Gasteiger partial charge in [-0.2, -0.15) is 0 Å². The van der Waals surface area contributed by atoms with Crippen LogP contribution in [-0.4, -0.2) is 89.9 Å². The molecule has 0 saturated carbocycles. The zero-order valence-electron chi connectivity index (χ0n) is 23.2. The second-order valence-electron chi connectivity index (χ2n) is 10.7. The molecule has 2 aromatic heterocycles. The van der Waals surface area contributed by atoms with Crippen LogP contribution < -0.4 is 15.1 Å². The van der Waals surface area contributed by atoms with Crippen LogP contribution in [0.3, 0.4) is 0 Å². The van der Waals surface area contributed by atoms with Crippen LogP contribution in [0.5, 0.6) is 0 Å². The van der Waals surface area contributed by atoms with Crippen LogP contribution in [-0.2, 0) is 9.47 Å². The number of nitrogens with zero attached hydrogens (tertiary/aromatic N) is 6. The van der Waals surface area contributed by atoms with E-state index in [1.165, 1.54) is 0 Å². The molecule has 5 rings (SSSR count). The lowest BCUT2D eigenvalue weighted by Crippen LogP contribution is -2.50. The molecule has 2 amide bonds. The van der Waals surface area contributed by atoms with E-state index >= 15 is 0 Å². The third kappa shape index (κ3) is 6.66. The number of hydrogen-bond donors (Lipinski definition) is 1. The number of benzene rings is 1.